The number of nitrogens with one attached hydrogen (secondary N) is 1. The van der Waals surface area contributed by atoms with Gasteiger partial charge >= 0.3 is 0 Å². The van der Waals surface area contributed by atoms with E-state index in [1.807, 2.05) is 6.20 Å². The molecule has 0 aliphatic carbocycles. The van der Waals surface area contributed by atoms with Crippen molar-refractivity contribution in [1.29, 1.82) is 0 Å². The molecular weight excluding hydrogens is 182 g/mol. The molecule has 0 saturated heterocycles. The maximum atomic E-state index is 10.6. The Labute approximate surface area is 82.5 Å². The third kappa shape index (κ3) is 3.53. The lowest BCUT2D eigenvalue weighted by atomic mass is 10.3. The number of nitrogens with zero attached hydrogens (tertiary/aromatic N) is 3. The smallest absolute Gasteiger partial charge is 0.216 e. The Morgan fingerprint density at radius 3 is 3.14 bits per heavy atom. The summed E-state index contributed by atoms with van der Waals surface area (Å²) in [6.07, 6.45) is 2.58. The van der Waals surface area contributed by atoms with Crippen LogP contribution in [0.2, 0.25) is 0 Å². The standard InChI is InChI=1S/C8H15N5O/c1-7(14)10-4-5-13-6-8(2-3-9)11-12-13/h6H,2-5,9H2,1H3,(H,10,14). The molecule has 0 fully saturated rings. The summed E-state index contributed by atoms with van der Waals surface area (Å²) in [5, 5.41) is 10.5. The lowest BCUT2D eigenvalue weighted by Gasteiger charge is -2.00. The first-order chi connectivity index (χ1) is 6.72. The van der Waals surface area contributed by atoms with E-state index in [2.05, 4.69) is 15.6 Å². The number of carbonyl (C=O) groups is 1. The van der Waals surface area contributed by atoms with Crippen molar-refractivity contribution in [2.24, 2.45) is 5.73 Å². The molecule has 0 atom stereocenters. The maximum Gasteiger partial charge on any atom is 0.216 e. The summed E-state index contributed by atoms with van der Waals surface area (Å²) in [5.41, 5.74) is 6.26. The quantitative estimate of drug-likeness (QED) is 0.628. The number of hydrogen-bond acceptors (Lipinski definition) is 4. The first kappa shape index (κ1) is 10.6. The third-order valence-corrected chi connectivity index (χ3v) is 1.70. The van der Waals surface area contributed by atoms with Crippen molar-refractivity contribution in [2.75, 3.05) is 13.1 Å². The summed E-state index contributed by atoms with van der Waals surface area (Å²) in [4.78, 5) is 10.6. The van der Waals surface area contributed by atoms with E-state index in [0.29, 0.717) is 19.6 Å². The molecule has 6 heteroatoms. The summed E-state index contributed by atoms with van der Waals surface area (Å²) in [6.45, 7) is 3.27. The molecule has 1 heterocycles. The van der Waals surface area contributed by atoms with Crippen LogP contribution in [0.15, 0.2) is 6.20 Å². The number of amides is 1. The number of hydrogen-bond donors (Lipinski definition) is 2. The van der Waals surface area contributed by atoms with Crippen molar-refractivity contribution in [1.82, 2.24) is 20.3 Å². The van der Waals surface area contributed by atoms with Gasteiger partial charge in [0.2, 0.25) is 5.91 Å². The van der Waals surface area contributed by atoms with E-state index in [-0.39, 0.29) is 5.91 Å². The molecule has 0 aromatic carbocycles. The van der Waals surface area contributed by atoms with Gasteiger partial charge in [0, 0.05) is 26.1 Å². The van der Waals surface area contributed by atoms with Crippen LogP contribution in [0.3, 0.4) is 0 Å². The predicted octanol–water partition coefficient (Wildman–Crippen LogP) is -1.08. The third-order valence-electron chi connectivity index (χ3n) is 1.70. The van der Waals surface area contributed by atoms with E-state index in [4.69, 9.17) is 5.73 Å². The Balaban J connectivity index is 2.32. The first-order valence-corrected chi connectivity index (χ1v) is 4.56. The van der Waals surface area contributed by atoms with Crippen LogP contribution in [0.25, 0.3) is 0 Å². The molecule has 1 rings (SSSR count). The minimum Gasteiger partial charge on any atom is -0.354 e. The van der Waals surface area contributed by atoms with Gasteiger partial charge < -0.3 is 11.1 Å². The minimum atomic E-state index is -0.0349. The number of nitrogens with two attached hydrogens (primary N) is 1. The second-order valence-electron chi connectivity index (χ2n) is 2.99. The SMILES string of the molecule is CC(=O)NCCn1cc(CCN)nn1. The van der Waals surface area contributed by atoms with Crippen LogP contribution in [0.5, 0.6) is 0 Å². The van der Waals surface area contributed by atoms with Crippen molar-refractivity contribution >= 4 is 5.91 Å². The van der Waals surface area contributed by atoms with Crippen LogP contribution >= 0.6 is 0 Å². The van der Waals surface area contributed by atoms with Gasteiger partial charge in [-0.15, -0.1) is 5.10 Å². The normalized spacial score (nSPS) is 10.1. The van der Waals surface area contributed by atoms with Crippen LogP contribution in [-0.4, -0.2) is 34.0 Å². The molecule has 14 heavy (non-hydrogen) atoms. The summed E-state index contributed by atoms with van der Waals surface area (Å²) in [6, 6.07) is 0. The van der Waals surface area contributed by atoms with Gasteiger partial charge in [-0.3, -0.25) is 9.48 Å². The van der Waals surface area contributed by atoms with Crippen LogP contribution in [0.4, 0.5) is 0 Å². The summed E-state index contributed by atoms with van der Waals surface area (Å²) < 4.78 is 1.70. The van der Waals surface area contributed by atoms with Gasteiger partial charge in [0.05, 0.1) is 12.2 Å². The first-order valence-electron chi connectivity index (χ1n) is 4.56. The van der Waals surface area contributed by atoms with Gasteiger partial charge in [-0.25, -0.2) is 0 Å². The monoisotopic (exact) mass is 197 g/mol. The van der Waals surface area contributed by atoms with Crippen molar-refractivity contribution < 1.29 is 4.79 Å². The average molecular weight is 197 g/mol. The molecule has 0 spiro atoms. The highest BCUT2D eigenvalue weighted by molar-refractivity contribution is 5.72. The van der Waals surface area contributed by atoms with E-state index >= 15 is 0 Å². The Bertz CT molecular complexity index is 296. The van der Waals surface area contributed by atoms with E-state index in [1.54, 1.807) is 4.68 Å². The van der Waals surface area contributed by atoms with Gasteiger partial charge in [-0.1, -0.05) is 5.21 Å². The van der Waals surface area contributed by atoms with Crippen LogP contribution < -0.4 is 11.1 Å². The van der Waals surface area contributed by atoms with Crippen molar-refractivity contribution in [3.05, 3.63) is 11.9 Å². The average Bonchev–Trinajstić information content (AvgIpc) is 2.53. The summed E-state index contributed by atoms with van der Waals surface area (Å²) in [7, 11) is 0. The van der Waals surface area contributed by atoms with Crippen molar-refractivity contribution in [3.8, 4) is 0 Å². The fourth-order valence-corrected chi connectivity index (χ4v) is 1.06. The van der Waals surface area contributed by atoms with E-state index in [0.717, 1.165) is 12.1 Å². The maximum absolute atomic E-state index is 10.6. The molecular formula is C8H15N5O. The van der Waals surface area contributed by atoms with Crippen LogP contribution in [-0.2, 0) is 17.8 Å². The Kier molecular flexibility index (Phi) is 4.06. The molecule has 0 aliphatic heterocycles. The van der Waals surface area contributed by atoms with E-state index in [1.165, 1.54) is 6.92 Å². The minimum absolute atomic E-state index is 0.0349. The second-order valence-corrected chi connectivity index (χ2v) is 2.99. The molecule has 1 aromatic rings. The number of aromatic nitrogens is 3. The molecule has 6 nitrogen and oxygen atoms in total. The Morgan fingerprint density at radius 2 is 2.50 bits per heavy atom. The summed E-state index contributed by atoms with van der Waals surface area (Å²) >= 11 is 0. The zero-order valence-electron chi connectivity index (χ0n) is 8.23. The van der Waals surface area contributed by atoms with Crippen LogP contribution in [0.1, 0.15) is 12.6 Å². The zero-order valence-corrected chi connectivity index (χ0v) is 8.23. The fraction of sp³-hybridized carbons (Fsp3) is 0.625. The van der Waals surface area contributed by atoms with E-state index < -0.39 is 0 Å². The molecule has 3 N–H and O–H groups in total. The highest BCUT2D eigenvalue weighted by Crippen LogP contribution is 1.92. The van der Waals surface area contributed by atoms with Gasteiger partial charge in [0.1, 0.15) is 0 Å². The summed E-state index contributed by atoms with van der Waals surface area (Å²) in [5.74, 6) is -0.0349. The molecule has 0 radical (unpaired) electrons. The molecule has 1 amide bonds. The molecule has 0 aliphatic rings. The molecule has 78 valence electrons. The Hall–Kier alpha value is -1.43. The van der Waals surface area contributed by atoms with Gasteiger partial charge in [-0.2, -0.15) is 0 Å². The van der Waals surface area contributed by atoms with Gasteiger partial charge in [0.25, 0.3) is 0 Å². The Morgan fingerprint density at radius 1 is 1.71 bits per heavy atom. The molecule has 0 saturated carbocycles. The molecule has 0 bridgehead atoms. The van der Waals surface area contributed by atoms with E-state index in [9.17, 15) is 4.79 Å². The lowest BCUT2D eigenvalue weighted by Crippen LogP contribution is -2.24. The highest BCUT2D eigenvalue weighted by atomic mass is 16.1. The molecule has 1 aromatic heterocycles. The molecule has 0 unspecified atom stereocenters. The number of carbonyl (C=O) groups excluding carboxylic acids is 1. The highest BCUT2D eigenvalue weighted by Gasteiger charge is 1.99. The van der Waals surface area contributed by atoms with Gasteiger partial charge in [0.15, 0.2) is 0 Å². The lowest BCUT2D eigenvalue weighted by molar-refractivity contribution is -0.118. The second kappa shape index (κ2) is 5.33. The van der Waals surface area contributed by atoms with Crippen LogP contribution in [0, 0.1) is 0 Å². The largest absolute Gasteiger partial charge is 0.354 e. The predicted molar refractivity (Wildman–Crippen MR) is 51.5 cm³/mol. The van der Waals surface area contributed by atoms with Crippen molar-refractivity contribution in [3.63, 3.8) is 0 Å². The van der Waals surface area contributed by atoms with Crippen molar-refractivity contribution in [2.45, 2.75) is 19.9 Å². The fourth-order valence-electron chi connectivity index (χ4n) is 1.06. The number of rotatable bonds is 5. The zero-order chi connectivity index (χ0) is 10.4. The van der Waals surface area contributed by atoms with Gasteiger partial charge in [-0.05, 0) is 6.54 Å². The topological polar surface area (TPSA) is 85.8 Å².